The predicted molar refractivity (Wildman–Crippen MR) is 63.3 cm³/mol. The van der Waals surface area contributed by atoms with Gasteiger partial charge in [-0.2, -0.15) is 0 Å². The van der Waals surface area contributed by atoms with Crippen molar-refractivity contribution >= 4 is 11.9 Å². The smallest absolute Gasteiger partial charge is 0.306 e. The molecule has 3 N–H and O–H groups in total. The zero-order valence-corrected chi connectivity index (χ0v) is 9.68. The van der Waals surface area contributed by atoms with Gasteiger partial charge in [0.25, 0.3) is 5.91 Å². The maximum absolute atomic E-state index is 11.8. The molecule has 2 atom stereocenters. The van der Waals surface area contributed by atoms with Gasteiger partial charge in [0, 0.05) is 12.1 Å². The van der Waals surface area contributed by atoms with E-state index in [0.29, 0.717) is 19.3 Å². The quantitative estimate of drug-likeness (QED) is 0.721. The van der Waals surface area contributed by atoms with Crippen molar-refractivity contribution in [2.45, 2.75) is 25.3 Å². The number of aromatic amines is 1. The molecule has 1 fully saturated rings. The summed E-state index contributed by atoms with van der Waals surface area (Å²) in [6.07, 6.45) is 1.67. The number of nitrogens with one attached hydrogen (secondary N) is 2. The second kappa shape index (κ2) is 5.03. The number of aromatic nitrogens is 1. The first-order chi connectivity index (χ1) is 8.56. The van der Waals surface area contributed by atoms with E-state index in [4.69, 9.17) is 5.11 Å². The summed E-state index contributed by atoms with van der Waals surface area (Å²) in [7, 11) is 0. The van der Waals surface area contributed by atoms with E-state index in [2.05, 4.69) is 10.3 Å². The highest BCUT2D eigenvalue weighted by Gasteiger charge is 2.30. The first-order valence-corrected chi connectivity index (χ1v) is 5.79. The van der Waals surface area contributed by atoms with Gasteiger partial charge in [-0.25, -0.2) is 0 Å². The fourth-order valence-electron chi connectivity index (χ4n) is 2.18. The van der Waals surface area contributed by atoms with Crippen LogP contribution in [0.15, 0.2) is 23.0 Å². The highest BCUT2D eigenvalue weighted by Crippen LogP contribution is 2.25. The van der Waals surface area contributed by atoms with E-state index in [9.17, 15) is 14.4 Å². The number of carboxylic acid groups (broad SMARTS) is 1. The molecule has 0 unspecified atom stereocenters. The van der Waals surface area contributed by atoms with Gasteiger partial charge >= 0.3 is 5.97 Å². The van der Waals surface area contributed by atoms with Crippen LogP contribution in [0.25, 0.3) is 0 Å². The first kappa shape index (κ1) is 12.3. The van der Waals surface area contributed by atoms with Crippen molar-refractivity contribution in [1.82, 2.24) is 10.3 Å². The average Bonchev–Trinajstić information content (AvgIpc) is 2.77. The Labute approximate surface area is 103 Å². The summed E-state index contributed by atoms with van der Waals surface area (Å²) in [5, 5.41) is 11.6. The third-order valence-electron chi connectivity index (χ3n) is 3.13. The molecule has 1 aliphatic carbocycles. The topological polar surface area (TPSA) is 99.3 Å². The minimum Gasteiger partial charge on any atom is -0.481 e. The number of amides is 1. The van der Waals surface area contributed by atoms with Crippen LogP contribution in [0, 0.1) is 5.92 Å². The van der Waals surface area contributed by atoms with Crippen LogP contribution in [0.3, 0.4) is 0 Å². The van der Waals surface area contributed by atoms with Gasteiger partial charge in [0.15, 0.2) is 0 Å². The van der Waals surface area contributed by atoms with Crippen molar-refractivity contribution in [1.29, 1.82) is 0 Å². The molecule has 6 nitrogen and oxygen atoms in total. The lowest BCUT2D eigenvalue weighted by Crippen LogP contribution is -2.34. The van der Waals surface area contributed by atoms with Crippen LogP contribution < -0.4 is 10.9 Å². The van der Waals surface area contributed by atoms with Gasteiger partial charge in [0.05, 0.1) is 5.92 Å². The van der Waals surface area contributed by atoms with Gasteiger partial charge in [-0.05, 0) is 25.3 Å². The van der Waals surface area contributed by atoms with E-state index in [1.807, 2.05) is 0 Å². The Hall–Kier alpha value is -2.11. The molecule has 0 aliphatic heterocycles. The van der Waals surface area contributed by atoms with Crippen molar-refractivity contribution in [3.8, 4) is 0 Å². The molecule has 0 aromatic carbocycles. The van der Waals surface area contributed by atoms with Crippen LogP contribution in [-0.2, 0) is 4.79 Å². The molecule has 0 spiro atoms. The fourth-order valence-corrected chi connectivity index (χ4v) is 2.18. The zero-order chi connectivity index (χ0) is 13.1. The number of rotatable bonds is 3. The van der Waals surface area contributed by atoms with E-state index >= 15 is 0 Å². The molecule has 96 valence electrons. The molecule has 1 heterocycles. The number of aliphatic carboxylic acids is 1. The van der Waals surface area contributed by atoms with Crippen LogP contribution in [0.4, 0.5) is 0 Å². The maximum atomic E-state index is 11.8. The Balaban J connectivity index is 1.97. The second-order valence-corrected chi connectivity index (χ2v) is 4.45. The SMILES string of the molecule is O=C(N[C@H]1CC[C@@H](C(=O)O)C1)c1cccc(=O)[nH]1. The number of carbonyl (C=O) groups excluding carboxylic acids is 1. The number of hydrogen-bond donors (Lipinski definition) is 3. The van der Waals surface area contributed by atoms with Gasteiger partial charge in [0.1, 0.15) is 5.69 Å². The van der Waals surface area contributed by atoms with Gasteiger partial charge in [-0.3, -0.25) is 14.4 Å². The van der Waals surface area contributed by atoms with Gasteiger partial charge in [-0.1, -0.05) is 6.07 Å². The molecule has 18 heavy (non-hydrogen) atoms. The summed E-state index contributed by atoms with van der Waals surface area (Å²) in [5.74, 6) is -1.58. The standard InChI is InChI=1S/C12H14N2O4/c15-10-3-1-2-9(14-10)11(16)13-8-5-4-7(6-8)12(17)18/h1-3,7-8H,4-6H2,(H,13,16)(H,14,15)(H,17,18)/t7-,8+/m1/s1. The van der Waals surface area contributed by atoms with Crippen LogP contribution in [0.2, 0.25) is 0 Å². The monoisotopic (exact) mass is 250 g/mol. The minimum absolute atomic E-state index is 0.137. The Morgan fingerprint density at radius 2 is 2.11 bits per heavy atom. The Kier molecular flexibility index (Phi) is 3.45. The molecule has 1 saturated carbocycles. The highest BCUT2D eigenvalue weighted by atomic mass is 16.4. The lowest BCUT2D eigenvalue weighted by atomic mass is 10.1. The number of carboxylic acids is 1. The molecule has 0 radical (unpaired) electrons. The minimum atomic E-state index is -0.820. The molecule has 0 bridgehead atoms. The summed E-state index contributed by atoms with van der Waals surface area (Å²) in [5.41, 5.74) is -0.140. The van der Waals surface area contributed by atoms with Crippen molar-refractivity contribution in [3.05, 3.63) is 34.2 Å². The molecule has 0 saturated heterocycles. The van der Waals surface area contributed by atoms with Crippen LogP contribution >= 0.6 is 0 Å². The van der Waals surface area contributed by atoms with Crippen molar-refractivity contribution in [3.63, 3.8) is 0 Å². The Morgan fingerprint density at radius 3 is 2.72 bits per heavy atom. The molecule has 1 aromatic rings. The fraction of sp³-hybridized carbons (Fsp3) is 0.417. The molecule has 1 amide bonds. The highest BCUT2D eigenvalue weighted by molar-refractivity contribution is 5.92. The van der Waals surface area contributed by atoms with E-state index in [0.717, 1.165) is 0 Å². The third kappa shape index (κ3) is 2.77. The molecule has 6 heteroatoms. The van der Waals surface area contributed by atoms with Crippen LogP contribution in [-0.4, -0.2) is 28.0 Å². The number of hydrogen-bond acceptors (Lipinski definition) is 3. The van der Waals surface area contributed by atoms with Crippen LogP contribution in [0.1, 0.15) is 29.8 Å². The van der Waals surface area contributed by atoms with Crippen molar-refractivity contribution in [2.24, 2.45) is 5.92 Å². The number of carbonyl (C=O) groups is 2. The lowest BCUT2D eigenvalue weighted by Gasteiger charge is -2.12. The third-order valence-corrected chi connectivity index (χ3v) is 3.13. The molecular formula is C12H14N2O4. The second-order valence-electron chi connectivity index (χ2n) is 4.45. The van der Waals surface area contributed by atoms with E-state index in [1.54, 1.807) is 0 Å². The zero-order valence-electron chi connectivity index (χ0n) is 9.68. The lowest BCUT2D eigenvalue weighted by molar-refractivity contribution is -0.141. The number of H-pyrrole nitrogens is 1. The largest absolute Gasteiger partial charge is 0.481 e. The van der Waals surface area contributed by atoms with Gasteiger partial charge < -0.3 is 15.4 Å². The molecule has 1 aliphatic rings. The first-order valence-electron chi connectivity index (χ1n) is 5.79. The summed E-state index contributed by atoms with van der Waals surface area (Å²) in [6, 6.07) is 4.21. The average molecular weight is 250 g/mol. The summed E-state index contributed by atoms with van der Waals surface area (Å²) in [4.78, 5) is 36.1. The van der Waals surface area contributed by atoms with Gasteiger partial charge in [-0.15, -0.1) is 0 Å². The van der Waals surface area contributed by atoms with Crippen molar-refractivity contribution < 1.29 is 14.7 Å². The van der Waals surface area contributed by atoms with E-state index in [-0.39, 0.29) is 29.1 Å². The molecular weight excluding hydrogens is 236 g/mol. The summed E-state index contributed by atoms with van der Waals surface area (Å²) in [6.45, 7) is 0. The Bertz CT molecular complexity index is 523. The van der Waals surface area contributed by atoms with Gasteiger partial charge in [0.2, 0.25) is 5.56 Å². The summed E-state index contributed by atoms with van der Waals surface area (Å²) >= 11 is 0. The number of pyridine rings is 1. The van der Waals surface area contributed by atoms with Crippen LogP contribution in [0.5, 0.6) is 0 Å². The maximum Gasteiger partial charge on any atom is 0.306 e. The van der Waals surface area contributed by atoms with Crippen molar-refractivity contribution in [2.75, 3.05) is 0 Å². The Morgan fingerprint density at radius 1 is 1.33 bits per heavy atom. The molecule has 1 aromatic heterocycles. The predicted octanol–water partition coefficient (Wildman–Crippen LogP) is 0.358. The van der Waals surface area contributed by atoms with E-state index in [1.165, 1.54) is 18.2 Å². The van der Waals surface area contributed by atoms with E-state index < -0.39 is 5.97 Å². The normalized spacial score (nSPS) is 22.7. The summed E-state index contributed by atoms with van der Waals surface area (Å²) < 4.78 is 0. The molecule has 2 rings (SSSR count).